The normalized spacial score (nSPS) is 29.3. The molecule has 0 aromatic heterocycles. The van der Waals surface area contributed by atoms with Crippen molar-refractivity contribution in [2.45, 2.75) is 78.0 Å². The van der Waals surface area contributed by atoms with Crippen LogP contribution in [0.3, 0.4) is 0 Å². The van der Waals surface area contributed by atoms with E-state index in [0.717, 1.165) is 0 Å². The fraction of sp³-hybridized carbons (Fsp3) is 0.933. The van der Waals surface area contributed by atoms with Crippen molar-refractivity contribution >= 4 is 5.91 Å². The Kier molecular flexibility index (Phi) is 5.39. The molecule has 0 spiro atoms. The van der Waals surface area contributed by atoms with E-state index in [0.29, 0.717) is 24.5 Å². The summed E-state index contributed by atoms with van der Waals surface area (Å²) < 4.78 is 0. The average Bonchev–Trinajstić information content (AvgIpc) is 2.67. The Hall–Kier alpha value is -0.610. The summed E-state index contributed by atoms with van der Waals surface area (Å²) in [5.41, 5.74) is 5.51. The summed E-state index contributed by atoms with van der Waals surface area (Å²) in [6.45, 7) is 13.1. The molecule has 0 aliphatic carbocycles. The van der Waals surface area contributed by atoms with Gasteiger partial charge in [-0.1, -0.05) is 13.8 Å². The van der Waals surface area contributed by atoms with E-state index in [1.165, 1.54) is 12.8 Å². The van der Waals surface area contributed by atoms with E-state index < -0.39 is 0 Å². The molecule has 1 rings (SSSR count). The molecule has 4 unspecified atom stereocenters. The molecule has 4 atom stereocenters. The van der Waals surface area contributed by atoms with Gasteiger partial charge in [0, 0.05) is 18.6 Å². The standard InChI is InChI=1S/C15H31N3O/c1-10(2)15(6,9-16)17-14(19)13(5)18-11(3)7-8-12(18)4/h10-13H,7-9,16H2,1-6H3,(H,17,19). The second-order valence-electron chi connectivity index (χ2n) is 6.66. The zero-order valence-electron chi connectivity index (χ0n) is 13.4. The van der Waals surface area contributed by atoms with Crippen LogP contribution in [-0.2, 0) is 4.79 Å². The zero-order chi connectivity index (χ0) is 14.8. The second kappa shape index (κ2) is 6.23. The van der Waals surface area contributed by atoms with Crippen molar-refractivity contribution < 1.29 is 4.79 Å². The molecule has 1 aliphatic heterocycles. The summed E-state index contributed by atoms with van der Waals surface area (Å²) in [6, 6.07) is 0.884. The molecular formula is C15H31N3O. The molecule has 112 valence electrons. The zero-order valence-corrected chi connectivity index (χ0v) is 13.4. The minimum atomic E-state index is -0.322. The predicted octanol–water partition coefficient (Wildman–Crippen LogP) is 1.74. The summed E-state index contributed by atoms with van der Waals surface area (Å²) in [6.07, 6.45) is 2.36. The highest BCUT2D eigenvalue weighted by Gasteiger charge is 2.37. The van der Waals surface area contributed by atoms with Gasteiger partial charge in [-0.2, -0.15) is 0 Å². The van der Waals surface area contributed by atoms with Crippen molar-refractivity contribution in [3.05, 3.63) is 0 Å². The lowest BCUT2D eigenvalue weighted by Crippen LogP contribution is -2.60. The van der Waals surface area contributed by atoms with Crippen molar-refractivity contribution in [3.8, 4) is 0 Å². The Labute approximate surface area is 118 Å². The van der Waals surface area contributed by atoms with Crippen molar-refractivity contribution in [1.82, 2.24) is 10.2 Å². The van der Waals surface area contributed by atoms with E-state index in [4.69, 9.17) is 5.73 Å². The van der Waals surface area contributed by atoms with Crippen molar-refractivity contribution in [2.75, 3.05) is 6.54 Å². The molecule has 0 aromatic rings. The monoisotopic (exact) mass is 269 g/mol. The van der Waals surface area contributed by atoms with Crippen LogP contribution in [0.15, 0.2) is 0 Å². The van der Waals surface area contributed by atoms with Gasteiger partial charge >= 0.3 is 0 Å². The number of carbonyl (C=O) groups excluding carboxylic acids is 1. The van der Waals surface area contributed by atoms with Crippen LogP contribution in [-0.4, -0.2) is 41.0 Å². The number of amides is 1. The highest BCUT2D eigenvalue weighted by atomic mass is 16.2. The van der Waals surface area contributed by atoms with Gasteiger partial charge in [-0.3, -0.25) is 9.69 Å². The lowest BCUT2D eigenvalue weighted by atomic mass is 9.88. The molecule has 1 heterocycles. The summed E-state index contributed by atoms with van der Waals surface area (Å²) in [5.74, 6) is 0.421. The Morgan fingerprint density at radius 1 is 1.32 bits per heavy atom. The maximum atomic E-state index is 12.5. The molecule has 0 radical (unpaired) electrons. The molecular weight excluding hydrogens is 238 g/mol. The third-order valence-electron chi connectivity index (χ3n) is 4.95. The van der Waals surface area contributed by atoms with Crippen LogP contribution in [0.2, 0.25) is 0 Å². The van der Waals surface area contributed by atoms with Gasteiger partial charge in [0.05, 0.1) is 11.6 Å². The smallest absolute Gasteiger partial charge is 0.237 e. The molecule has 19 heavy (non-hydrogen) atoms. The molecule has 0 bridgehead atoms. The molecule has 1 amide bonds. The maximum Gasteiger partial charge on any atom is 0.237 e. The minimum Gasteiger partial charge on any atom is -0.348 e. The number of carbonyl (C=O) groups is 1. The molecule has 3 N–H and O–H groups in total. The van der Waals surface area contributed by atoms with Crippen LogP contribution in [0.5, 0.6) is 0 Å². The van der Waals surface area contributed by atoms with Gasteiger partial charge in [0.25, 0.3) is 0 Å². The number of hydrogen-bond donors (Lipinski definition) is 2. The minimum absolute atomic E-state index is 0.0860. The van der Waals surface area contributed by atoms with Gasteiger partial charge in [0.2, 0.25) is 5.91 Å². The van der Waals surface area contributed by atoms with Crippen LogP contribution in [0, 0.1) is 5.92 Å². The Bertz CT molecular complexity index is 309. The molecule has 0 aromatic carbocycles. The predicted molar refractivity (Wildman–Crippen MR) is 79.9 cm³/mol. The molecule has 1 fully saturated rings. The Morgan fingerprint density at radius 3 is 2.16 bits per heavy atom. The molecule has 0 saturated carbocycles. The first kappa shape index (κ1) is 16.4. The van der Waals surface area contributed by atoms with Crippen molar-refractivity contribution in [2.24, 2.45) is 11.7 Å². The number of nitrogens with two attached hydrogens (primary N) is 1. The fourth-order valence-electron chi connectivity index (χ4n) is 2.93. The van der Waals surface area contributed by atoms with E-state index in [1.807, 2.05) is 13.8 Å². The Balaban J connectivity index is 2.72. The lowest BCUT2D eigenvalue weighted by molar-refractivity contribution is -0.129. The first-order chi connectivity index (χ1) is 8.73. The highest BCUT2D eigenvalue weighted by Crippen LogP contribution is 2.26. The summed E-state index contributed by atoms with van der Waals surface area (Å²) in [4.78, 5) is 14.8. The van der Waals surface area contributed by atoms with Gasteiger partial charge in [-0.05, 0) is 46.5 Å². The second-order valence-corrected chi connectivity index (χ2v) is 6.66. The quantitative estimate of drug-likeness (QED) is 0.799. The van der Waals surface area contributed by atoms with Crippen LogP contribution >= 0.6 is 0 Å². The van der Waals surface area contributed by atoms with E-state index in [9.17, 15) is 4.79 Å². The number of nitrogens with one attached hydrogen (secondary N) is 1. The molecule has 4 heteroatoms. The molecule has 4 nitrogen and oxygen atoms in total. The summed E-state index contributed by atoms with van der Waals surface area (Å²) >= 11 is 0. The molecule has 1 saturated heterocycles. The van der Waals surface area contributed by atoms with E-state index in [-0.39, 0.29) is 17.5 Å². The fourth-order valence-corrected chi connectivity index (χ4v) is 2.93. The van der Waals surface area contributed by atoms with Crippen molar-refractivity contribution in [3.63, 3.8) is 0 Å². The average molecular weight is 269 g/mol. The number of rotatable bonds is 5. The third kappa shape index (κ3) is 3.48. The lowest BCUT2D eigenvalue weighted by Gasteiger charge is -2.38. The Morgan fingerprint density at radius 2 is 1.79 bits per heavy atom. The van der Waals surface area contributed by atoms with Gasteiger partial charge in [0.1, 0.15) is 0 Å². The third-order valence-corrected chi connectivity index (χ3v) is 4.95. The van der Waals surface area contributed by atoms with Crippen LogP contribution < -0.4 is 11.1 Å². The van der Waals surface area contributed by atoms with Gasteiger partial charge in [-0.15, -0.1) is 0 Å². The van der Waals surface area contributed by atoms with Gasteiger partial charge in [0.15, 0.2) is 0 Å². The van der Waals surface area contributed by atoms with E-state index in [2.05, 4.69) is 37.9 Å². The number of hydrogen-bond acceptors (Lipinski definition) is 3. The van der Waals surface area contributed by atoms with Gasteiger partial charge < -0.3 is 11.1 Å². The first-order valence-corrected chi connectivity index (χ1v) is 7.52. The van der Waals surface area contributed by atoms with Gasteiger partial charge in [-0.25, -0.2) is 0 Å². The highest BCUT2D eigenvalue weighted by molar-refractivity contribution is 5.82. The van der Waals surface area contributed by atoms with E-state index >= 15 is 0 Å². The SMILES string of the molecule is CC1CCC(C)N1C(C)C(=O)NC(C)(CN)C(C)C. The largest absolute Gasteiger partial charge is 0.348 e. The summed E-state index contributed by atoms with van der Waals surface area (Å²) in [7, 11) is 0. The van der Waals surface area contributed by atoms with Crippen LogP contribution in [0.25, 0.3) is 0 Å². The first-order valence-electron chi connectivity index (χ1n) is 7.52. The van der Waals surface area contributed by atoms with Crippen molar-refractivity contribution in [1.29, 1.82) is 0 Å². The van der Waals surface area contributed by atoms with Crippen LogP contribution in [0.4, 0.5) is 0 Å². The summed E-state index contributed by atoms with van der Waals surface area (Å²) in [5, 5.41) is 3.15. The number of likely N-dealkylation sites (tertiary alicyclic amines) is 1. The topological polar surface area (TPSA) is 58.4 Å². The number of nitrogens with zero attached hydrogens (tertiary/aromatic N) is 1. The maximum absolute atomic E-state index is 12.5. The molecule has 1 aliphatic rings. The van der Waals surface area contributed by atoms with E-state index in [1.54, 1.807) is 0 Å². The van der Waals surface area contributed by atoms with Crippen LogP contribution in [0.1, 0.15) is 54.4 Å².